The number of aliphatic hydroxyl groups excluding tert-OH is 1. The second kappa shape index (κ2) is 5.35. The van der Waals surface area contributed by atoms with E-state index in [0.717, 1.165) is 18.5 Å². The van der Waals surface area contributed by atoms with Gasteiger partial charge in [-0.05, 0) is 24.9 Å². The number of hydrogen-bond acceptors (Lipinski definition) is 2. The van der Waals surface area contributed by atoms with Crippen molar-refractivity contribution >= 4 is 12.4 Å². The van der Waals surface area contributed by atoms with Gasteiger partial charge in [0.2, 0.25) is 0 Å². The summed E-state index contributed by atoms with van der Waals surface area (Å²) in [6, 6.07) is 10.1. The van der Waals surface area contributed by atoms with Gasteiger partial charge >= 0.3 is 0 Å². The third-order valence-electron chi connectivity index (χ3n) is 2.62. The van der Waals surface area contributed by atoms with Gasteiger partial charge < -0.3 is 10.4 Å². The van der Waals surface area contributed by atoms with E-state index in [4.69, 9.17) is 0 Å². The summed E-state index contributed by atoms with van der Waals surface area (Å²) in [6.45, 7) is 1.04. The number of halogens is 1. The summed E-state index contributed by atoms with van der Waals surface area (Å²) in [5.74, 6) is 0. The van der Waals surface area contributed by atoms with E-state index in [1.165, 1.54) is 6.42 Å². The Morgan fingerprint density at radius 2 is 2.00 bits per heavy atom. The van der Waals surface area contributed by atoms with Gasteiger partial charge in [0, 0.05) is 6.04 Å². The summed E-state index contributed by atoms with van der Waals surface area (Å²) in [7, 11) is 0. The highest BCUT2D eigenvalue weighted by Gasteiger charge is 2.23. The molecule has 14 heavy (non-hydrogen) atoms. The van der Waals surface area contributed by atoms with Gasteiger partial charge in [-0.25, -0.2) is 0 Å². The number of rotatable bonds is 2. The molecule has 0 bridgehead atoms. The van der Waals surface area contributed by atoms with Gasteiger partial charge in [-0.1, -0.05) is 30.3 Å². The molecule has 1 aliphatic heterocycles. The van der Waals surface area contributed by atoms with Gasteiger partial charge in [-0.2, -0.15) is 0 Å². The molecule has 0 aliphatic carbocycles. The van der Waals surface area contributed by atoms with E-state index >= 15 is 0 Å². The van der Waals surface area contributed by atoms with Crippen molar-refractivity contribution in [1.82, 2.24) is 5.32 Å². The molecule has 1 aromatic rings. The second-order valence-corrected chi connectivity index (χ2v) is 3.56. The first kappa shape index (κ1) is 11.5. The lowest BCUT2D eigenvalue weighted by molar-refractivity contribution is 0.137. The Labute approximate surface area is 90.7 Å². The fourth-order valence-electron chi connectivity index (χ4n) is 1.86. The Morgan fingerprint density at radius 1 is 1.29 bits per heavy atom. The van der Waals surface area contributed by atoms with Crippen molar-refractivity contribution in [3.05, 3.63) is 35.9 Å². The lowest BCUT2D eigenvalue weighted by Crippen LogP contribution is -2.28. The maximum absolute atomic E-state index is 9.96. The lowest BCUT2D eigenvalue weighted by Gasteiger charge is -2.18. The first-order valence-corrected chi connectivity index (χ1v) is 4.84. The minimum absolute atomic E-state index is 0. The van der Waals surface area contributed by atoms with Crippen LogP contribution in [0.3, 0.4) is 0 Å². The Morgan fingerprint density at radius 3 is 2.57 bits per heavy atom. The van der Waals surface area contributed by atoms with Crippen molar-refractivity contribution in [2.75, 3.05) is 6.54 Å². The highest BCUT2D eigenvalue weighted by atomic mass is 35.5. The third kappa shape index (κ3) is 2.47. The molecule has 0 radical (unpaired) electrons. The van der Waals surface area contributed by atoms with Crippen LogP contribution in [0, 0.1) is 0 Å². The van der Waals surface area contributed by atoms with E-state index in [-0.39, 0.29) is 24.6 Å². The molecule has 0 amide bonds. The zero-order chi connectivity index (χ0) is 9.10. The minimum atomic E-state index is -0.344. The van der Waals surface area contributed by atoms with Crippen LogP contribution in [0.1, 0.15) is 24.5 Å². The van der Waals surface area contributed by atoms with Crippen LogP contribution < -0.4 is 5.32 Å². The Bertz CT molecular complexity index is 259. The summed E-state index contributed by atoms with van der Waals surface area (Å²) in [5.41, 5.74) is 1.02. The van der Waals surface area contributed by atoms with E-state index in [1.807, 2.05) is 30.3 Å². The molecule has 3 heteroatoms. The fourth-order valence-corrected chi connectivity index (χ4v) is 1.86. The van der Waals surface area contributed by atoms with Gasteiger partial charge in [0.25, 0.3) is 0 Å². The summed E-state index contributed by atoms with van der Waals surface area (Å²) in [6.07, 6.45) is 1.91. The van der Waals surface area contributed by atoms with Crippen LogP contribution in [0.2, 0.25) is 0 Å². The average Bonchev–Trinajstić information content (AvgIpc) is 2.71. The molecule has 2 nitrogen and oxygen atoms in total. The van der Waals surface area contributed by atoms with Gasteiger partial charge in [-0.15, -0.1) is 12.4 Å². The molecule has 1 unspecified atom stereocenters. The predicted octanol–water partition coefficient (Wildman–Crippen LogP) is 1.89. The molecule has 1 heterocycles. The van der Waals surface area contributed by atoms with E-state index < -0.39 is 0 Å². The molecule has 78 valence electrons. The van der Waals surface area contributed by atoms with Crippen LogP contribution in [0.5, 0.6) is 0 Å². The molecule has 1 aliphatic rings. The molecule has 0 spiro atoms. The Balaban J connectivity index is 0.000000980. The van der Waals surface area contributed by atoms with Crippen molar-refractivity contribution in [2.24, 2.45) is 0 Å². The SMILES string of the molecule is Cl.OC(c1ccccc1)[C@@H]1CCCN1. The van der Waals surface area contributed by atoms with Gasteiger partial charge in [-0.3, -0.25) is 0 Å². The monoisotopic (exact) mass is 213 g/mol. The average molecular weight is 214 g/mol. The maximum atomic E-state index is 9.96. The van der Waals surface area contributed by atoms with E-state index in [1.54, 1.807) is 0 Å². The van der Waals surface area contributed by atoms with Crippen LogP contribution >= 0.6 is 12.4 Å². The van der Waals surface area contributed by atoms with Crippen molar-refractivity contribution in [2.45, 2.75) is 25.0 Å². The highest BCUT2D eigenvalue weighted by molar-refractivity contribution is 5.85. The van der Waals surface area contributed by atoms with Crippen LogP contribution in [-0.2, 0) is 0 Å². The van der Waals surface area contributed by atoms with Gasteiger partial charge in [0.05, 0.1) is 6.10 Å². The number of aliphatic hydroxyl groups is 1. The standard InChI is InChI=1S/C11H15NO.ClH/c13-11(10-7-4-8-12-10)9-5-2-1-3-6-9;/h1-3,5-6,10-13H,4,7-8H2;1H/t10-,11?;/m0./s1. The molecular weight excluding hydrogens is 198 g/mol. The fraction of sp³-hybridized carbons (Fsp3) is 0.455. The van der Waals surface area contributed by atoms with Gasteiger partial charge in [0.1, 0.15) is 0 Å². The van der Waals surface area contributed by atoms with E-state index in [2.05, 4.69) is 5.32 Å². The van der Waals surface area contributed by atoms with Crippen LogP contribution in [0.25, 0.3) is 0 Å². The molecule has 0 saturated carbocycles. The summed E-state index contributed by atoms with van der Waals surface area (Å²) in [5, 5.41) is 13.3. The first-order chi connectivity index (χ1) is 6.38. The first-order valence-electron chi connectivity index (χ1n) is 4.84. The largest absolute Gasteiger partial charge is 0.387 e. The van der Waals surface area contributed by atoms with Crippen molar-refractivity contribution in [3.63, 3.8) is 0 Å². The molecule has 2 rings (SSSR count). The zero-order valence-corrected chi connectivity index (χ0v) is 8.83. The Hall–Kier alpha value is -0.570. The van der Waals surface area contributed by atoms with Crippen molar-refractivity contribution in [1.29, 1.82) is 0 Å². The molecule has 2 atom stereocenters. The van der Waals surface area contributed by atoms with Crippen LogP contribution in [-0.4, -0.2) is 17.7 Å². The lowest BCUT2D eigenvalue weighted by atomic mass is 10.0. The number of hydrogen-bond donors (Lipinski definition) is 2. The highest BCUT2D eigenvalue weighted by Crippen LogP contribution is 2.22. The van der Waals surface area contributed by atoms with Crippen molar-refractivity contribution in [3.8, 4) is 0 Å². The van der Waals surface area contributed by atoms with Crippen molar-refractivity contribution < 1.29 is 5.11 Å². The van der Waals surface area contributed by atoms with E-state index in [0.29, 0.717) is 0 Å². The van der Waals surface area contributed by atoms with E-state index in [9.17, 15) is 5.11 Å². The summed E-state index contributed by atoms with van der Waals surface area (Å²) in [4.78, 5) is 0. The topological polar surface area (TPSA) is 32.3 Å². The quantitative estimate of drug-likeness (QED) is 0.787. The summed E-state index contributed by atoms with van der Waals surface area (Å²) >= 11 is 0. The minimum Gasteiger partial charge on any atom is -0.387 e. The molecule has 1 fully saturated rings. The molecule has 1 saturated heterocycles. The van der Waals surface area contributed by atoms with Crippen LogP contribution in [0.4, 0.5) is 0 Å². The predicted molar refractivity (Wildman–Crippen MR) is 59.7 cm³/mol. The summed E-state index contributed by atoms with van der Waals surface area (Å²) < 4.78 is 0. The molecule has 0 aromatic heterocycles. The maximum Gasteiger partial charge on any atom is 0.0942 e. The molecular formula is C11H16ClNO. The number of nitrogens with one attached hydrogen (secondary N) is 1. The Kier molecular flexibility index (Phi) is 4.39. The number of benzene rings is 1. The second-order valence-electron chi connectivity index (χ2n) is 3.56. The third-order valence-corrected chi connectivity index (χ3v) is 2.62. The molecule has 1 aromatic carbocycles. The zero-order valence-electron chi connectivity index (χ0n) is 8.02. The van der Waals surface area contributed by atoms with Crippen LogP contribution in [0.15, 0.2) is 30.3 Å². The normalized spacial score (nSPS) is 22.8. The molecule has 2 N–H and O–H groups in total. The smallest absolute Gasteiger partial charge is 0.0942 e. The van der Waals surface area contributed by atoms with Gasteiger partial charge in [0.15, 0.2) is 0 Å².